The van der Waals surface area contributed by atoms with Crippen LogP contribution in [0.3, 0.4) is 0 Å². The monoisotopic (exact) mass is 1420 g/mol. The summed E-state index contributed by atoms with van der Waals surface area (Å²) in [6, 6.07) is 0. The maximum Gasteiger partial charge on any atom is 0.472 e. The lowest BCUT2D eigenvalue weighted by Gasteiger charge is -2.21. The number of ether oxygens (including phenoxy) is 4. The summed E-state index contributed by atoms with van der Waals surface area (Å²) in [5.41, 5.74) is 0. The van der Waals surface area contributed by atoms with Gasteiger partial charge in [-0.25, -0.2) is 9.13 Å². The van der Waals surface area contributed by atoms with Crippen molar-refractivity contribution in [1.82, 2.24) is 0 Å². The second-order valence-corrected chi connectivity index (χ2v) is 31.0. The molecule has 0 amide bonds. The zero-order chi connectivity index (χ0) is 71.1. The molecule has 0 aliphatic heterocycles. The Kier molecular flexibility index (Phi) is 71.0. The van der Waals surface area contributed by atoms with Crippen LogP contribution in [0.1, 0.15) is 419 Å². The Labute approximate surface area is 594 Å². The van der Waals surface area contributed by atoms with Gasteiger partial charge in [-0.3, -0.25) is 37.3 Å². The summed E-state index contributed by atoms with van der Waals surface area (Å²) in [7, 11) is -9.91. The molecule has 2 unspecified atom stereocenters. The van der Waals surface area contributed by atoms with Crippen molar-refractivity contribution in [3.63, 3.8) is 0 Å². The van der Waals surface area contributed by atoms with Crippen LogP contribution >= 0.6 is 15.6 Å². The Hall–Kier alpha value is -1.94. The molecule has 17 nitrogen and oxygen atoms in total. The number of hydrogen-bond acceptors (Lipinski definition) is 15. The van der Waals surface area contributed by atoms with Gasteiger partial charge in [0.05, 0.1) is 26.4 Å². The summed E-state index contributed by atoms with van der Waals surface area (Å²) in [5, 5.41) is 10.6. The molecule has 0 spiro atoms. The normalized spacial score (nSPS) is 13.8. The Morgan fingerprint density at radius 2 is 0.412 bits per heavy atom. The van der Waals surface area contributed by atoms with Gasteiger partial charge in [0.1, 0.15) is 19.3 Å². The van der Waals surface area contributed by atoms with E-state index in [2.05, 4.69) is 27.7 Å². The van der Waals surface area contributed by atoms with E-state index in [1.807, 2.05) is 0 Å². The zero-order valence-electron chi connectivity index (χ0n) is 63.1. The van der Waals surface area contributed by atoms with Gasteiger partial charge < -0.3 is 33.8 Å². The van der Waals surface area contributed by atoms with Crippen molar-refractivity contribution < 1.29 is 80.2 Å². The van der Waals surface area contributed by atoms with Gasteiger partial charge in [0, 0.05) is 25.7 Å². The van der Waals surface area contributed by atoms with Crippen molar-refractivity contribution in [3.05, 3.63) is 0 Å². The molecule has 19 heteroatoms. The Bertz CT molecular complexity index is 1840. The van der Waals surface area contributed by atoms with E-state index in [1.165, 1.54) is 250 Å². The van der Waals surface area contributed by atoms with Crippen LogP contribution in [0.25, 0.3) is 0 Å². The van der Waals surface area contributed by atoms with Gasteiger partial charge >= 0.3 is 39.5 Å². The third-order valence-electron chi connectivity index (χ3n) is 18.4. The molecular weight excluding hydrogens is 1270 g/mol. The van der Waals surface area contributed by atoms with Crippen LogP contribution < -0.4 is 0 Å². The molecule has 0 aliphatic rings. The maximum atomic E-state index is 13.1. The number of aliphatic hydroxyl groups excluding tert-OH is 1. The lowest BCUT2D eigenvalue weighted by Crippen LogP contribution is -2.30. The van der Waals surface area contributed by atoms with Gasteiger partial charge in [-0.05, 0) is 25.7 Å². The van der Waals surface area contributed by atoms with E-state index in [0.717, 1.165) is 89.9 Å². The highest BCUT2D eigenvalue weighted by Gasteiger charge is 2.30. The number of hydrogen-bond donors (Lipinski definition) is 3. The fourth-order valence-electron chi connectivity index (χ4n) is 12.1. The number of carbonyl (C=O) groups is 4. The average molecular weight is 1420 g/mol. The van der Waals surface area contributed by atoms with Crippen LogP contribution in [0.15, 0.2) is 0 Å². The second kappa shape index (κ2) is 72.4. The third-order valence-corrected chi connectivity index (χ3v) is 20.3. The first-order chi connectivity index (χ1) is 47.2. The fourth-order valence-corrected chi connectivity index (χ4v) is 13.7. The summed E-state index contributed by atoms with van der Waals surface area (Å²) in [6.45, 7) is 4.99. The molecule has 97 heavy (non-hydrogen) atoms. The molecule has 0 bridgehead atoms. The van der Waals surface area contributed by atoms with Crippen LogP contribution in [-0.2, 0) is 65.4 Å². The molecule has 576 valence electrons. The van der Waals surface area contributed by atoms with Gasteiger partial charge in [0.25, 0.3) is 0 Å². The summed E-state index contributed by atoms with van der Waals surface area (Å²) in [6.07, 6.45) is 63.8. The molecule has 0 fully saturated rings. The van der Waals surface area contributed by atoms with Crippen LogP contribution in [0.4, 0.5) is 0 Å². The molecule has 3 N–H and O–H groups in total. The number of carbonyl (C=O) groups excluding carboxylic acids is 4. The van der Waals surface area contributed by atoms with Crippen molar-refractivity contribution >= 4 is 39.5 Å². The molecule has 0 heterocycles. The highest BCUT2D eigenvalue weighted by atomic mass is 31.2. The van der Waals surface area contributed by atoms with Gasteiger partial charge in [-0.2, -0.15) is 0 Å². The highest BCUT2D eigenvalue weighted by Crippen LogP contribution is 2.45. The lowest BCUT2D eigenvalue weighted by molar-refractivity contribution is -0.161. The number of esters is 4. The van der Waals surface area contributed by atoms with Gasteiger partial charge in [-0.15, -0.1) is 0 Å². The number of phosphoric acid groups is 2. The van der Waals surface area contributed by atoms with E-state index >= 15 is 0 Å². The quantitative estimate of drug-likeness (QED) is 0.0222. The van der Waals surface area contributed by atoms with E-state index in [9.17, 15) is 43.2 Å². The maximum absolute atomic E-state index is 13.1. The van der Waals surface area contributed by atoms with Gasteiger partial charge in [-0.1, -0.05) is 368 Å². The summed E-state index contributed by atoms with van der Waals surface area (Å²) in [4.78, 5) is 72.8. The van der Waals surface area contributed by atoms with Crippen molar-refractivity contribution in [2.24, 2.45) is 0 Å². The fraction of sp³-hybridized carbons (Fsp3) is 0.949. The van der Waals surface area contributed by atoms with Crippen molar-refractivity contribution in [2.75, 3.05) is 39.6 Å². The largest absolute Gasteiger partial charge is 0.472 e. The van der Waals surface area contributed by atoms with Crippen molar-refractivity contribution in [3.8, 4) is 0 Å². The van der Waals surface area contributed by atoms with E-state index in [0.29, 0.717) is 25.7 Å². The molecule has 0 aromatic carbocycles. The number of aliphatic hydroxyl groups is 1. The number of rotatable bonds is 79. The summed E-state index contributed by atoms with van der Waals surface area (Å²) < 4.78 is 68.6. The molecular formula is C78H152O17P2. The molecule has 0 aromatic rings. The van der Waals surface area contributed by atoms with E-state index in [1.54, 1.807) is 0 Å². The van der Waals surface area contributed by atoms with E-state index in [-0.39, 0.29) is 25.7 Å². The van der Waals surface area contributed by atoms with Crippen LogP contribution in [0, 0.1) is 0 Å². The molecule has 0 saturated heterocycles. The predicted molar refractivity (Wildman–Crippen MR) is 395 cm³/mol. The molecule has 5 atom stereocenters. The highest BCUT2D eigenvalue weighted by molar-refractivity contribution is 7.47. The summed E-state index contributed by atoms with van der Waals surface area (Å²) in [5.74, 6) is -2.11. The molecule has 0 aromatic heterocycles. The average Bonchev–Trinajstić information content (AvgIpc) is 1.85. The Morgan fingerprint density at radius 1 is 0.247 bits per heavy atom. The van der Waals surface area contributed by atoms with Crippen LogP contribution in [0.2, 0.25) is 0 Å². The molecule has 0 rings (SSSR count). The first-order valence-corrected chi connectivity index (χ1v) is 43.8. The summed E-state index contributed by atoms with van der Waals surface area (Å²) >= 11 is 0. The minimum absolute atomic E-state index is 0.108. The Balaban J connectivity index is 5.21. The SMILES string of the molecule is CCCCCCCCCCCCCCCCCCCCCC(=O)O[C@H](COC(=O)CCCCCCCCCCCCCCCCCC)COP(=O)(O)OC[C@@H](O)COP(=O)(O)OC[C@@H](COC(=O)CCCCCCCCCCC)OC(=O)CCCCCCCCCCCCCCC. The first-order valence-electron chi connectivity index (χ1n) is 40.8. The molecule has 0 saturated carbocycles. The number of phosphoric ester groups is 2. The van der Waals surface area contributed by atoms with Crippen LogP contribution in [0.5, 0.6) is 0 Å². The second-order valence-electron chi connectivity index (χ2n) is 28.1. The minimum Gasteiger partial charge on any atom is -0.462 e. The zero-order valence-corrected chi connectivity index (χ0v) is 64.8. The molecule has 0 radical (unpaired) electrons. The van der Waals surface area contributed by atoms with Crippen molar-refractivity contribution in [2.45, 2.75) is 438 Å². The molecule has 0 aliphatic carbocycles. The van der Waals surface area contributed by atoms with Crippen molar-refractivity contribution in [1.29, 1.82) is 0 Å². The predicted octanol–water partition coefficient (Wildman–Crippen LogP) is 23.4. The number of unbranched alkanes of at least 4 members (excludes halogenated alkanes) is 53. The van der Waals surface area contributed by atoms with Gasteiger partial charge in [0.2, 0.25) is 0 Å². The standard InChI is InChI=1S/C78H152O17P2/c1-5-9-13-17-21-25-28-31-33-35-36-37-39-42-45-49-53-57-61-65-78(83)95-74(69-89-76(81)63-59-55-51-47-43-41-38-34-32-29-26-22-18-14-10-6-2)71-93-97(86,87)91-67-72(79)66-90-96(84,85)92-70-73(68-88-75(80)62-58-54-50-46-24-20-16-12-8-4)94-77(82)64-60-56-52-48-44-40-30-27-23-19-15-11-7-3/h72-74,79H,5-71H2,1-4H3,(H,84,85)(H,86,87)/t72-,73+,74+/m0/s1. The first kappa shape index (κ1) is 95.1. The lowest BCUT2D eigenvalue weighted by atomic mass is 10.0. The Morgan fingerprint density at radius 3 is 0.608 bits per heavy atom. The van der Waals surface area contributed by atoms with Gasteiger partial charge in [0.15, 0.2) is 12.2 Å². The topological polar surface area (TPSA) is 237 Å². The van der Waals surface area contributed by atoms with Crippen LogP contribution in [-0.4, -0.2) is 96.7 Å². The minimum atomic E-state index is -4.96. The smallest absolute Gasteiger partial charge is 0.462 e. The van der Waals surface area contributed by atoms with E-state index in [4.69, 9.17) is 37.0 Å². The van der Waals surface area contributed by atoms with E-state index < -0.39 is 97.5 Å². The third kappa shape index (κ3) is 72.2.